The Kier molecular flexibility index (Phi) is 3.52. The van der Waals surface area contributed by atoms with E-state index in [4.69, 9.17) is 0 Å². The number of likely N-dealkylation sites (tertiary alicyclic amines) is 1. The zero-order chi connectivity index (χ0) is 13.2. The van der Waals surface area contributed by atoms with E-state index in [-0.39, 0.29) is 22.9 Å². The summed E-state index contributed by atoms with van der Waals surface area (Å²) in [6, 6.07) is 3.10. The SMILES string of the molecule is CNC1(C)CCN(C(=O)c2ncccc2O)CC1. The minimum absolute atomic E-state index is 0.0514. The Bertz CT molecular complexity index is 440. The van der Waals surface area contributed by atoms with Crippen LogP contribution in [0.3, 0.4) is 0 Å². The third-order valence-corrected chi connectivity index (χ3v) is 3.75. The number of piperidine rings is 1. The van der Waals surface area contributed by atoms with Gasteiger partial charge in [-0.15, -0.1) is 0 Å². The third kappa shape index (κ3) is 2.46. The van der Waals surface area contributed by atoms with Gasteiger partial charge in [-0.25, -0.2) is 4.98 Å². The summed E-state index contributed by atoms with van der Waals surface area (Å²) in [7, 11) is 1.95. The number of rotatable bonds is 2. The molecule has 0 saturated carbocycles. The van der Waals surface area contributed by atoms with Crippen molar-refractivity contribution in [2.24, 2.45) is 0 Å². The number of pyridine rings is 1. The van der Waals surface area contributed by atoms with E-state index in [2.05, 4.69) is 17.2 Å². The van der Waals surface area contributed by atoms with Crippen LogP contribution in [-0.4, -0.2) is 46.6 Å². The predicted molar refractivity (Wildman–Crippen MR) is 68.5 cm³/mol. The second kappa shape index (κ2) is 4.94. The number of carbonyl (C=O) groups excluding carboxylic acids is 1. The van der Waals surface area contributed by atoms with Crippen LogP contribution in [0, 0.1) is 0 Å². The fourth-order valence-electron chi connectivity index (χ4n) is 2.16. The highest BCUT2D eigenvalue weighted by atomic mass is 16.3. The first-order chi connectivity index (χ1) is 8.56. The average Bonchev–Trinajstić information content (AvgIpc) is 2.39. The summed E-state index contributed by atoms with van der Waals surface area (Å²) in [5.41, 5.74) is 0.244. The van der Waals surface area contributed by atoms with Crippen molar-refractivity contribution in [3.05, 3.63) is 24.0 Å². The van der Waals surface area contributed by atoms with Crippen LogP contribution in [0.4, 0.5) is 0 Å². The summed E-state index contributed by atoms with van der Waals surface area (Å²) in [6.07, 6.45) is 3.33. The normalized spacial score (nSPS) is 18.7. The molecule has 1 aromatic heterocycles. The molecule has 0 atom stereocenters. The van der Waals surface area contributed by atoms with Crippen molar-refractivity contribution in [1.29, 1.82) is 0 Å². The topological polar surface area (TPSA) is 65.5 Å². The molecule has 98 valence electrons. The van der Waals surface area contributed by atoms with Gasteiger partial charge in [0.15, 0.2) is 5.69 Å². The van der Waals surface area contributed by atoms with Crippen LogP contribution in [0.5, 0.6) is 5.75 Å². The number of nitrogens with zero attached hydrogens (tertiary/aromatic N) is 2. The van der Waals surface area contributed by atoms with E-state index in [1.807, 2.05) is 7.05 Å². The molecule has 1 aliphatic rings. The van der Waals surface area contributed by atoms with Crippen molar-refractivity contribution in [1.82, 2.24) is 15.2 Å². The van der Waals surface area contributed by atoms with Gasteiger partial charge in [0.05, 0.1) is 0 Å². The number of hydrogen-bond donors (Lipinski definition) is 2. The molecule has 1 fully saturated rings. The molecule has 1 saturated heterocycles. The van der Waals surface area contributed by atoms with Gasteiger partial charge in [0, 0.05) is 24.8 Å². The first kappa shape index (κ1) is 12.8. The van der Waals surface area contributed by atoms with Crippen LogP contribution in [0.25, 0.3) is 0 Å². The molecule has 0 radical (unpaired) electrons. The first-order valence-corrected chi connectivity index (χ1v) is 6.18. The maximum atomic E-state index is 12.2. The lowest BCUT2D eigenvalue weighted by Crippen LogP contribution is -2.51. The lowest BCUT2D eigenvalue weighted by molar-refractivity contribution is 0.0652. The van der Waals surface area contributed by atoms with E-state index in [1.54, 1.807) is 11.0 Å². The van der Waals surface area contributed by atoms with E-state index in [0.29, 0.717) is 13.1 Å². The van der Waals surface area contributed by atoms with E-state index < -0.39 is 0 Å². The number of amides is 1. The first-order valence-electron chi connectivity index (χ1n) is 6.18. The van der Waals surface area contributed by atoms with Crippen molar-refractivity contribution in [3.63, 3.8) is 0 Å². The molecular weight excluding hydrogens is 230 g/mol. The number of aromatic nitrogens is 1. The molecule has 2 heterocycles. The van der Waals surface area contributed by atoms with Crippen LogP contribution >= 0.6 is 0 Å². The van der Waals surface area contributed by atoms with E-state index in [9.17, 15) is 9.90 Å². The standard InChI is InChI=1S/C13H19N3O2/c1-13(14-2)5-8-16(9-6-13)12(18)11-10(17)4-3-7-15-11/h3-4,7,14,17H,5-6,8-9H2,1-2H3. The molecule has 2 rings (SSSR count). The molecule has 0 spiro atoms. The molecule has 0 aliphatic carbocycles. The highest BCUT2D eigenvalue weighted by Gasteiger charge is 2.31. The Labute approximate surface area is 107 Å². The molecule has 1 amide bonds. The second-order valence-corrected chi connectivity index (χ2v) is 4.97. The number of aromatic hydroxyl groups is 1. The molecular formula is C13H19N3O2. The Hall–Kier alpha value is -1.62. The zero-order valence-electron chi connectivity index (χ0n) is 10.8. The van der Waals surface area contributed by atoms with Crippen LogP contribution in [0.2, 0.25) is 0 Å². The summed E-state index contributed by atoms with van der Waals surface area (Å²) in [6.45, 7) is 3.53. The Morgan fingerprint density at radius 2 is 2.17 bits per heavy atom. The van der Waals surface area contributed by atoms with Gasteiger partial charge < -0.3 is 15.3 Å². The minimum Gasteiger partial charge on any atom is -0.505 e. The van der Waals surface area contributed by atoms with Gasteiger partial charge >= 0.3 is 0 Å². The van der Waals surface area contributed by atoms with Crippen LogP contribution in [0.15, 0.2) is 18.3 Å². The fourth-order valence-corrected chi connectivity index (χ4v) is 2.16. The predicted octanol–water partition coefficient (Wildman–Crippen LogP) is 1.00. The maximum Gasteiger partial charge on any atom is 0.276 e. The third-order valence-electron chi connectivity index (χ3n) is 3.75. The lowest BCUT2D eigenvalue weighted by atomic mass is 9.90. The molecule has 1 aliphatic heterocycles. The molecule has 0 bridgehead atoms. The molecule has 18 heavy (non-hydrogen) atoms. The number of carbonyl (C=O) groups is 1. The summed E-state index contributed by atoms with van der Waals surface area (Å²) < 4.78 is 0. The van der Waals surface area contributed by atoms with Crippen LogP contribution in [-0.2, 0) is 0 Å². The lowest BCUT2D eigenvalue weighted by Gasteiger charge is -2.39. The molecule has 0 aromatic carbocycles. The van der Waals surface area contributed by atoms with E-state index >= 15 is 0 Å². The quantitative estimate of drug-likeness (QED) is 0.820. The van der Waals surface area contributed by atoms with Crippen molar-refractivity contribution < 1.29 is 9.90 Å². The van der Waals surface area contributed by atoms with Gasteiger partial charge in [-0.1, -0.05) is 0 Å². The van der Waals surface area contributed by atoms with E-state index in [1.165, 1.54) is 12.3 Å². The summed E-state index contributed by atoms with van der Waals surface area (Å²) in [5, 5.41) is 12.9. The van der Waals surface area contributed by atoms with Crippen molar-refractivity contribution >= 4 is 5.91 Å². The van der Waals surface area contributed by atoms with Gasteiger partial charge in [-0.2, -0.15) is 0 Å². The Morgan fingerprint density at radius 3 is 2.72 bits per heavy atom. The molecule has 0 unspecified atom stereocenters. The van der Waals surface area contributed by atoms with Crippen molar-refractivity contribution in [2.45, 2.75) is 25.3 Å². The monoisotopic (exact) mass is 249 g/mol. The van der Waals surface area contributed by atoms with Gasteiger partial charge in [-0.3, -0.25) is 4.79 Å². The van der Waals surface area contributed by atoms with Crippen LogP contribution < -0.4 is 5.32 Å². The van der Waals surface area contributed by atoms with Gasteiger partial charge in [0.2, 0.25) is 0 Å². The number of nitrogens with one attached hydrogen (secondary N) is 1. The van der Waals surface area contributed by atoms with E-state index in [0.717, 1.165) is 12.8 Å². The largest absolute Gasteiger partial charge is 0.505 e. The second-order valence-electron chi connectivity index (χ2n) is 4.97. The Morgan fingerprint density at radius 1 is 1.50 bits per heavy atom. The number of hydrogen-bond acceptors (Lipinski definition) is 4. The van der Waals surface area contributed by atoms with Crippen molar-refractivity contribution in [2.75, 3.05) is 20.1 Å². The zero-order valence-corrected chi connectivity index (χ0v) is 10.8. The molecule has 1 aromatic rings. The molecule has 2 N–H and O–H groups in total. The van der Waals surface area contributed by atoms with Gasteiger partial charge in [0.25, 0.3) is 5.91 Å². The van der Waals surface area contributed by atoms with Gasteiger partial charge in [0.1, 0.15) is 5.75 Å². The summed E-state index contributed by atoms with van der Waals surface area (Å²) in [5.74, 6) is -0.240. The van der Waals surface area contributed by atoms with Crippen molar-refractivity contribution in [3.8, 4) is 5.75 Å². The summed E-state index contributed by atoms with van der Waals surface area (Å²) >= 11 is 0. The average molecular weight is 249 g/mol. The Balaban J connectivity index is 2.07. The maximum absolute atomic E-state index is 12.2. The fraction of sp³-hybridized carbons (Fsp3) is 0.538. The minimum atomic E-state index is -0.189. The summed E-state index contributed by atoms with van der Waals surface area (Å²) in [4.78, 5) is 17.9. The molecule has 5 heteroatoms. The highest BCUT2D eigenvalue weighted by Crippen LogP contribution is 2.23. The van der Waals surface area contributed by atoms with Gasteiger partial charge in [-0.05, 0) is 38.9 Å². The van der Waals surface area contributed by atoms with Crippen LogP contribution in [0.1, 0.15) is 30.3 Å². The molecule has 5 nitrogen and oxygen atoms in total. The smallest absolute Gasteiger partial charge is 0.276 e. The highest BCUT2D eigenvalue weighted by molar-refractivity contribution is 5.94.